The van der Waals surface area contributed by atoms with Crippen LogP contribution in [0.1, 0.15) is 31.8 Å². The lowest BCUT2D eigenvalue weighted by Crippen LogP contribution is -2.03. The van der Waals surface area contributed by atoms with E-state index in [1.54, 1.807) is 84.9 Å². The van der Waals surface area contributed by atoms with Crippen LogP contribution in [0.25, 0.3) is 0 Å². The molecule has 8 nitrogen and oxygen atoms in total. The Hall–Kier alpha value is -4.28. The van der Waals surface area contributed by atoms with Gasteiger partial charge in [-0.2, -0.15) is 0 Å². The third-order valence-electron chi connectivity index (χ3n) is 5.51. The van der Waals surface area contributed by atoms with Gasteiger partial charge >= 0.3 is 0 Å². The molecule has 0 bridgehead atoms. The molecule has 0 radical (unpaired) electrons. The van der Waals surface area contributed by atoms with Crippen LogP contribution in [0.15, 0.2) is 107 Å². The van der Waals surface area contributed by atoms with E-state index >= 15 is 0 Å². The number of hydrogen-bond donors (Lipinski definition) is 0. The van der Waals surface area contributed by atoms with Crippen LogP contribution in [0.2, 0.25) is 0 Å². The summed E-state index contributed by atoms with van der Waals surface area (Å²) < 4.78 is 0. The standard InChI is InChI=1S/C28H20N2O6S2/c31-27(19-7-3-1-4-8-19)21-11-13-25(23(17-21)29(33)34)37-15-16-38-26-14-12-22(18-24(26)30(35)36)28(32)20-9-5-2-6-10-20/h1-14,17-18H,15-16H2. The van der Waals surface area contributed by atoms with Gasteiger partial charge in [-0.15, -0.1) is 23.5 Å². The number of carbonyl (C=O) groups excluding carboxylic acids is 2. The highest BCUT2D eigenvalue weighted by molar-refractivity contribution is 8.03. The normalized spacial score (nSPS) is 10.6. The number of nitro groups is 2. The lowest BCUT2D eigenvalue weighted by Gasteiger charge is -2.07. The molecule has 0 amide bonds. The highest BCUT2D eigenvalue weighted by Gasteiger charge is 2.21. The fraction of sp³-hybridized carbons (Fsp3) is 0.0714. The molecule has 0 unspecified atom stereocenters. The maximum atomic E-state index is 12.7. The Morgan fingerprint density at radius 2 is 0.921 bits per heavy atom. The Morgan fingerprint density at radius 1 is 0.553 bits per heavy atom. The van der Waals surface area contributed by atoms with Crippen molar-refractivity contribution in [2.75, 3.05) is 11.5 Å². The second-order valence-electron chi connectivity index (χ2n) is 7.97. The Bertz CT molecular complexity index is 1400. The van der Waals surface area contributed by atoms with Crippen LogP contribution in [0.4, 0.5) is 11.4 Å². The Kier molecular flexibility index (Phi) is 8.67. The molecule has 0 spiro atoms. The van der Waals surface area contributed by atoms with Crippen LogP contribution in [0, 0.1) is 20.2 Å². The summed E-state index contributed by atoms with van der Waals surface area (Å²) in [5.74, 6) is 0.253. The first-order valence-electron chi connectivity index (χ1n) is 11.4. The van der Waals surface area contributed by atoms with Crippen molar-refractivity contribution in [3.05, 3.63) is 140 Å². The van der Waals surface area contributed by atoms with Crippen molar-refractivity contribution in [3.63, 3.8) is 0 Å². The van der Waals surface area contributed by atoms with Gasteiger partial charge in [0, 0.05) is 45.9 Å². The molecule has 0 aromatic heterocycles. The average molecular weight is 545 g/mol. The topological polar surface area (TPSA) is 120 Å². The van der Waals surface area contributed by atoms with Crippen molar-refractivity contribution in [1.29, 1.82) is 0 Å². The molecule has 0 fully saturated rings. The van der Waals surface area contributed by atoms with E-state index in [1.165, 1.54) is 35.7 Å². The molecule has 10 heteroatoms. The van der Waals surface area contributed by atoms with Gasteiger partial charge in [0.1, 0.15) is 0 Å². The summed E-state index contributed by atoms with van der Waals surface area (Å²) in [4.78, 5) is 48.4. The quantitative estimate of drug-likeness (QED) is 0.0661. The minimum absolute atomic E-state index is 0.170. The van der Waals surface area contributed by atoms with Crippen molar-refractivity contribution < 1.29 is 19.4 Å². The van der Waals surface area contributed by atoms with Crippen LogP contribution < -0.4 is 0 Å². The van der Waals surface area contributed by atoms with E-state index in [1.807, 2.05) is 0 Å². The van der Waals surface area contributed by atoms with Crippen LogP contribution in [-0.4, -0.2) is 32.9 Å². The molecule has 190 valence electrons. The van der Waals surface area contributed by atoms with E-state index in [4.69, 9.17) is 0 Å². The molecule has 4 aromatic rings. The SMILES string of the molecule is O=C(c1ccccc1)c1ccc(SCCSc2ccc(C(=O)c3ccccc3)cc2[N+](=O)[O-])c([N+](=O)[O-])c1. The Labute approximate surface area is 226 Å². The summed E-state index contributed by atoms with van der Waals surface area (Å²) in [5, 5.41) is 23.3. The monoisotopic (exact) mass is 544 g/mol. The molecule has 0 heterocycles. The third-order valence-corrected chi connectivity index (χ3v) is 7.89. The molecule has 0 atom stereocenters. The largest absolute Gasteiger partial charge is 0.289 e. The third kappa shape index (κ3) is 6.34. The zero-order chi connectivity index (χ0) is 27.1. The number of nitro benzene ring substituents is 2. The lowest BCUT2D eigenvalue weighted by molar-refractivity contribution is -0.387. The maximum Gasteiger partial charge on any atom is 0.283 e. The van der Waals surface area contributed by atoms with Gasteiger partial charge in [0.05, 0.1) is 19.6 Å². The predicted molar refractivity (Wildman–Crippen MR) is 147 cm³/mol. The molecular weight excluding hydrogens is 524 g/mol. The first-order chi connectivity index (χ1) is 18.3. The number of carbonyl (C=O) groups is 2. The number of rotatable bonds is 11. The van der Waals surface area contributed by atoms with Crippen LogP contribution in [-0.2, 0) is 0 Å². The fourth-order valence-corrected chi connectivity index (χ4v) is 5.66. The zero-order valence-corrected chi connectivity index (χ0v) is 21.4. The van der Waals surface area contributed by atoms with Gasteiger partial charge in [-0.3, -0.25) is 29.8 Å². The summed E-state index contributed by atoms with van der Waals surface area (Å²) in [5.41, 5.74) is 0.992. The molecule has 0 aliphatic carbocycles. The second-order valence-corrected chi connectivity index (χ2v) is 10.2. The first-order valence-corrected chi connectivity index (χ1v) is 13.3. The van der Waals surface area contributed by atoms with E-state index in [9.17, 15) is 29.8 Å². The van der Waals surface area contributed by atoms with Crippen molar-refractivity contribution in [3.8, 4) is 0 Å². The molecule has 38 heavy (non-hydrogen) atoms. The van der Waals surface area contributed by atoms with Crippen LogP contribution in [0.5, 0.6) is 0 Å². The molecule has 0 saturated heterocycles. The molecule has 0 saturated carbocycles. The van der Waals surface area contributed by atoms with Gasteiger partial charge in [0.2, 0.25) is 0 Å². The number of hydrogen-bond acceptors (Lipinski definition) is 8. The van der Waals surface area contributed by atoms with Crippen molar-refractivity contribution in [2.45, 2.75) is 9.79 Å². The maximum absolute atomic E-state index is 12.7. The predicted octanol–water partition coefficient (Wildman–Crippen LogP) is 6.85. The van der Waals surface area contributed by atoms with E-state index in [0.29, 0.717) is 32.4 Å². The van der Waals surface area contributed by atoms with E-state index in [-0.39, 0.29) is 34.1 Å². The molecule has 0 aliphatic heterocycles. The second kappa shape index (κ2) is 12.3. The summed E-state index contributed by atoms with van der Waals surface area (Å²) in [6.07, 6.45) is 0. The van der Waals surface area contributed by atoms with Gasteiger partial charge in [-0.05, 0) is 24.3 Å². The Balaban J connectivity index is 1.43. The van der Waals surface area contributed by atoms with Crippen LogP contribution in [0.3, 0.4) is 0 Å². The highest BCUT2D eigenvalue weighted by Crippen LogP contribution is 2.34. The van der Waals surface area contributed by atoms with Crippen molar-refractivity contribution in [2.24, 2.45) is 0 Å². The summed E-state index contributed by atoms with van der Waals surface area (Å²) in [6.45, 7) is 0. The molecule has 0 N–H and O–H groups in total. The van der Waals surface area contributed by atoms with Gasteiger partial charge in [-0.25, -0.2) is 0 Å². The fourth-order valence-electron chi connectivity index (χ4n) is 3.66. The van der Waals surface area contributed by atoms with Gasteiger partial charge in [-0.1, -0.05) is 60.7 Å². The zero-order valence-electron chi connectivity index (χ0n) is 19.8. The van der Waals surface area contributed by atoms with Crippen molar-refractivity contribution >= 4 is 46.5 Å². The van der Waals surface area contributed by atoms with Crippen molar-refractivity contribution in [1.82, 2.24) is 0 Å². The molecular formula is C28H20N2O6S2. The summed E-state index contributed by atoms with van der Waals surface area (Å²) >= 11 is 2.47. The minimum atomic E-state index is -0.523. The van der Waals surface area contributed by atoms with Gasteiger partial charge in [0.25, 0.3) is 11.4 Å². The molecule has 0 aliphatic rings. The highest BCUT2D eigenvalue weighted by atomic mass is 32.2. The molecule has 4 rings (SSSR count). The summed E-state index contributed by atoms with van der Waals surface area (Å²) in [7, 11) is 0. The number of benzene rings is 4. The van der Waals surface area contributed by atoms with E-state index in [2.05, 4.69) is 0 Å². The average Bonchev–Trinajstić information content (AvgIpc) is 2.95. The van der Waals surface area contributed by atoms with Gasteiger partial charge < -0.3 is 0 Å². The number of ketones is 2. The minimum Gasteiger partial charge on any atom is -0.289 e. The number of thioether (sulfide) groups is 2. The van der Waals surface area contributed by atoms with Crippen LogP contribution >= 0.6 is 23.5 Å². The number of nitrogens with zero attached hydrogens (tertiary/aromatic N) is 2. The van der Waals surface area contributed by atoms with E-state index in [0.717, 1.165) is 0 Å². The van der Waals surface area contributed by atoms with Gasteiger partial charge in [0.15, 0.2) is 11.6 Å². The smallest absolute Gasteiger partial charge is 0.283 e. The first kappa shape index (κ1) is 26.8. The summed E-state index contributed by atoms with van der Waals surface area (Å²) in [6, 6.07) is 25.8. The lowest BCUT2D eigenvalue weighted by atomic mass is 10.0. The Morgan fingerprint density at radius 3 is 1.26 bits per heavy atom. The molecule has 4 aromatic carbocycles. The van der Waals surface area contributed by atoms with E-state index < -0.39 is 9.85 Å².